The number of nitrogens with zero attached hydrogens (tertiary/aromatic N) is 3. The predicted molar refractivity (Wildman–Crippen MR) is 91.9 cm³/mol. The lowest BCUT2D eigenvalue weighted by Crippen LogP contribution is -2.23. The predicted octanol–water partition coefficient (Wildman–Crippen LogP) is 2.78. The van der Waals surface area contributed by atoms with Gasteiger partial charge in [0, 0.05) is 22.7 Å². The summed E-state index contributed by atoms with van der Waals surface area (Å²) in [4.78, 5) is 14.0. The molecule has 0 aliphatic heterocycles. The molecule has 1 aromatic heterocycles. The molecular formula is C15H11ClN4O5S. The Balaban J connectivity index is 1.73. The number of hydrogen-bond acceptors (Lipinski definition) is 7. The molecule has 0 saturated carbocycles. The van der Waals surface area contributed by atoms with Crippen molar-refractivity contribution in [3.63, 3.8) is 0 Å². The van der Waals surface area contributed by atoms with Gasteiger partial charge in [-0.3, -0.25) is 10.1 Å². The number of rotatable bonds is 6. The lowest BCUT2D eigenvalue weighted by molar-refractivity contribution is -0.385. The minimum Gasteiger partial charge on any atom is -0.338 e. The van der Waals surface area contributed by atoms with Gasteiger partial charge in [0.2, 0.25) is 21.7 Å². The van der Waals surface area contributed by atoms with Crippen LogP contribution in [0.4, 0.5) is 5.69 Å². The van der Waals surface area contributed by atoms with Gasteiger partial charge in [-0.15, -0.1) is 0 Å². The van der Waals surface area contributed by atoms with Gasteiger partial charge in [0.1, 0.15) is 0 Å². The Hall–Kier alpha value is -2.82. The zero-order valence-corrected chi connectivity index (χ0v) is 14.6. The van der Waals surface area contributed by atoms with Crippen LogP contribution in [0.1, 0.15) is 5.89 Å². The first kappa shape index (κ1) is 18.0. The summed E-state index contributed by atoms with van der Waals surface area (Å²) in [6.45, 7) is -0.258. The molecule has 9 nitrogen and oxygen atoms in total. The number of nitro groups is 1. The maximum Gasteiger partial charge on any atom is 0.270 e. The van der Waals surface area contributed by atoms with E-state index in [9.17, 15) is 18.5 Å². The molecule has 26 heavy (non-hydrogen) atoms. The quantitative estimate of drug-likeness (QED) is 0.502. The van der Waals surface area contributed by atoms with Crippen molar-refractivity contribution < 1.29 is 17.9 Å². The average molecular weight is 395 g/mol. The van der Waals surface area contributed by atoms with Crippen molar-refractivity contribution in [2.45, 2.75) is 11.4 Å². The Kier molecular flexibility index (Phi) is 4.98. The first-order chi connectivity index (χ1) is 12.3. The highest BCUT2D eigenvalue weighted by Gasteiger charge is 2.19. The zero-order chi connectivity index (χ0) is 18.7. The third kappa shape index (κ3) is 4.04. The fourth-order valence-electron chi connectivity index (χ4n) is 2.05. The normalized spacial score (nSPS) is 11.4. The van der Waals surface area contributed by atoms with Crippen molar-refractivity contribution in [2.75, 3.05) is 0 Å². The molecule has 0 spiro atoms. The Labute approximate surface area is 152 Å². The van der Waals surface area contributed by atoms with E-state index in [-0.39, 0.29) is 28.8 Å². The summed E-state index contributed by atoms with van der Waals surface area (Å²) in [6.07, 6.45) is 0. The molecule has 0 aliphatic rings. The van der Waals surface area contributed by atoms with Crippen LogP contribution in [-0.4, -0.2) is 23.5 Å². The minimum absolute atomic E-state index is 0.0453. The van der Waals surface area contributed by atoms with E-state index in [1.54, 1.807) is 24.3 Å². The van der Waals surface area contributed by atoms with E-state index in [1.165, 1.54) is 18.2 Å². The van der Waals surface area contributed by atoms with Crippen LogP contribution < -0.4 is 4.72 Å². The van der Waals surface area contributed by atoms with Crippen LogP contribution in [0.15, 0.2) is 57.9 Å². The molecule has 1 heterocycles. The third-order valence-corrected chi connectivity index (χ3v) is 4.97. The van der Waals surface area contributed by atoms with E-state index in [0.717, 1.165) is 6.07 Å². The topological polar surface area (TPSA) is 128 Å². The van der Waals surface area contributed by atoms with Gasteiger partial charge in [0.05, 0.1) is 16.4 Å². The van der Waals surface area contributed by atoms with Gasteiger partial charge < -0.3 is 4.52 Å². The molecular weight excluding hydrogens is 384 g/mol. The Morgan fingerprint density at radius 2 is 1.92 bits per heavy atom. The molecule has 0 radical (unpaired) electrons. The van der Waals surface area contributed by atoms with Crippen LogP contribution in [0.3, 0.4) is 0 Å². The highest BCUT2D eigenvalue weighted by Crippen LogP contribution is 2.20. The van der Waals surface area contributed by atoms with Gasteiger partial charge in [0.15, 0.2) is 0 Å². The number of benzene rings is 2. The van der Waals surface area contributed by atoms with E-state index in [1.807, 2.05) is 0 Å². The summed E-state index contributed by atoms with van der Waals surface area (Å²) in [5.74, 6) is 0.329. The van der Waals surface area contributed by atoms with Crippen LogP contribution in [0.5, 0.6) is 0 Å². The van der Waals surface area contributed by atoms with Gasteiger partial charge >= 0.3 is 0 Å². The van der Waals surface area contributed by atoms with Crippen molar-refractivity contribution in [1.82, 2.24) is 14.9 Å². The van der Waals surface area contributed by atoms with Crippen molar-refractivity contribution in [3.8, 4) is 11.4 Å². The van der Waals surface area contributed by atoms with Crippen molar-refractivity contribution in [3.05, 3.63) is 69.6 Å². The van der Waals surface area contributed by atoms with Gasteiger partial charge in [-0.25, -0.2) is 13.1 Å². The second kappa shape index (κ2) is 7.20. The number of sulfonamides is 1. The Morgan fingerprint density at radius 3 is 2.62 bits per heavy atom. The lowest BCUT2D eigenvalue weighted by atomic mass is 10.2. The molecule has 3 rings (SSSR count). The maximum absolute atomic E-state index is 12.3. The van der Waals surface area contributed by atoms with Crippen LogP contribution in [0.2, 0.25) is 5.02 Å². The molecule has 3 aromatic rings. The highest BCUT2D eigenvalue weighted by molar-refractivity contribution is 7.89. The van der Waals surface area contributed by atoms with Crippen LogP contribution >= 0.6 is 11.6 Å². The van der Waals surface area contributed by atoms with Gasteiger partial charge in [-0.05, 0) is 30.3 Å². The number of nitro benzene ring substituents is 1. The second-order valence-electron chi connectivity index (χ2n) is 5.10. The average Bonchev–Trinajstić information content (AvgIpc) is 3.10. The first-order valence-corrected chi connectivity index (χ1v) is 9.04. The van der Waals surface area contributed by atoms with Gasteiger partial charge in [-0.1, -0.05) is 22.8 Å². The first-order valence-electron chi connectivity index (χ1n) is 7.18. The molecule has 0 amide bonds. The van der Waals surface area contributed by atoms with Crippen LogP contribution in [-0.2, 0) is 16.6 Å². The monoisotopic (exact) mass is 394 g/mol. The molecule has 134 valence electrons. The number of halogens is 1. The molecule has 0 atom stereocenters. The summed E-state index contributed by atoms with van der Waals surface area (Å²) in [6, 6.07) is 11.4. The molecule has 0 saturated heterocycles. The van der Waals surface area contributed by atoms with Crippen LogP contribution in [0, 0.1) is 10.1 Å². The van der Waals surface area contributed by atoms with E-state index in [0.29, 0.717) is 10.6 Å². The SMILES string of the molecule is O=[N+]([O-])c1cccc(S(=O)(=O)NCc2nc(-c3ccc(Cl)cc3)no2)c1. The smallest absolute Gasteiger partial charge is 0.270 e. The second-order valence-corrected chi connectivity index (χ2v) is 7.30. The number of hydrogen-bond donors (Lipinski definition) is 1. The number of non-ortho nitro benzene ring substituents is 1. The molecule has 0 aliphatic carbocycles. The number of nitrogens with one attached hydrogen (secondary N) is 1. The van der Waals surface area contributed by atoms with E-state index in [2.05, 4.69) is 14.9 Å². The molecule has 11 heteroatoms. The molecule has 1 N–H and O–H groups in total. The van der Waals surface area contributed by atoms with E-state index >= 15 is 0 Å². The standard InChI is InChI=1S/C15H11ClN4O5S/c16-11-6-4-10(5-7-11)15-18-14(25-19-15)9-17-26(23,24)13-3-1-2-12(8-13)20(21)22/h1-8,17H,9H2. The largest absolute Gasteiger partial charge is 0.338 e. The highest BCUT2D eigenvalue weighted by atomic mass is 35.5. The van der Waals surface area contributed by atoms with Crippen LogP contribution in [0.25, 0.3) is 11.4 Å². The summed E-state index contributed by atoms with van der Waals surface area (Å²) in [7, 11) is -3.98. The zero-order valence-electron chi connectivity index (χ0n) is 13.0. The summed E-state index contributed by atoms with van der Waals surface area (Å²) < 4.78 is 31.8. The lowest BCUT2D eigenvalue weighted by Gasteiger charge is -2.04. The van der Waals surface area contributed by atoms with Gasteiger partial charge in [0.25, 0.3) is 5.69 Å². The molecule has 0 unspecified atom stereocenters. The fraction of sp³-hybridized carbons (Fsp3) is 0.0667. The van der Waals surface area contributed by atoms with Gasteiger partial charge in [-0.2, -0.15) is 4.98 Å². The summed E-state index contributed by atoms with van der Waals surface area (Å²) in [5, 5.41) is 15.1. The fourth-order valence-corrected chi connectivity index (χ4v) is 3.19. The minimum atomic E-state index is -3.98. The third-order valence-electron chi connectivity index (χ3n) is 3.32. The number of aromatic nitrogens is 2. The molecule has 2 aromatic carbocycles. The molecule has 0 bridgehead atoms. The van der Waals surface area contributed by atoms with E-state index < -0.39 is 14.9 Å². The summed E-state index contributed by atoms with van der Waals surface area (Å²) in [5.41, 5.74) is 0.335. The maximum atomic E-state index is 12.3. The Morgan fingerprint density at radius 1 is 1.19 bits per heavy atom. The molecule has 0 fully saturated rings. The van der Waals surface area contributed by atoms with E-state index in [4.69, 9.17) is 16.1 Å². The van der Waals surface area contributed by atoms with Crippen molar-refractivity contribution in [2.24, 2.45) is 0 Å². The van der Waals surface area contributed by atoms with Crippen molar-refractivity contribution in [1.29, 1.82) is 0 Å². The Bertz CT molecular complexity index is 1050. The summed E-state index contributed by atoms with van der Waals surface area (Å²) >= 11 is 5.81. The van der Waals surface area contributed by atoms with Crippen molar-refractivity contribution >= 4 is 27.3 Å².